The highest BCUT2D eigenvalue weighted by molar-refractivity contribution is 5.92. The molecule has 1 aromatic carbocycles. The molecule has 2 atom stereocenters. The molecule has 0 bridgehead atoms. The van der Waals surface area contributed by atoms with Crippen LogP contribution in [0.4, 0.5) is 4.39 Å². The van der Waals surface area contributed by atoms with Crippen LogP contribution in [0, 0.1) is 11.7 Å². The second-order valence-corrected chi connectivity index (χ2v) is 7.15. The second kappa shape index (κ2) is 7.38. The van der Waals surface area contributed by atoms with Crippen molar-refractivity contribution in [2.24, 2.45) is 5.92 Å². The fourth-order valence-corrected chi connectivity index (χ4v) is 3.44. The number of aliphatic carboxylic acids is 1. The summed E-state index contributed by atoms with van der Waals surface area (Å²) >= 11 is 0. The van der Waals surface area contributed by atoms with E-state index < -0.39 is 23.8 Å². The van der Waals surface area contributed by atoms with Gasteiger partial charge in [-0.2, -0.15) is 0 Å². The van der Waals surface area contributed by atoms with Gasteiger partial charge < -0.3 is 20.3 Å². The first-order valence-electron chi connectivity index (χ1n) is 8.84. The normalized spacial score (nSPS) is 18.3. The fourth-order valence-electron chi connectivity index (χ4n) is 3.44. The molecule has 0 spiro atoms. The molecule has 2 heterocycles. The fraction of sp³-hybridized carbons (Fsp3) is 0.421. The van der Waals surface area contributed by atoms with Crippen molar-refractivity contribution < 1.29 is 23.9 Å². The molecule has 0 aliphatic carbocycles. The molecule has 1 aromatic heterocycles. The van der Waals surface area contributed by atoms with Crippen LogP contribution in [0.5, 0.6) is 0 Å². The van der Waals surface area contributed by atoms with E-state index in [1.807, 2.05) is 13.8 Å². The van der Waals surface area contributed by atoms with Gasteiger partial charge in [-0.1, -0.05) is 0 Å². The number of halogens is 1. The van der Waals surface area contributed by atoms with Gasteiger partial charge in [-0.05, 0) is 37.6 Å². The minimum atomic E-state index is -1.16. The highest BCUT2D eigenvalue weighted by Crippen LogP contribution is 2.22. The van der Waals surface area contributed by atoms with Crippen LogP contribution in [0.15, 0.2) is 24.4 Å². The van der Waals surface area contributed by atoms with Gasteiger partial charge in [-0.3, -0.25) is 9.59 Å². The lowest BCUT2D eigenvalue weighted by molar-refractivity contribution is -0.142. The third-order valence-corrected chi connectivity index (χ3v) is 4.92. The van der Waals surface area contributed by atoms with Crippen LogP contribution in [0.3, 0.4) is 0 Å². The van der Waals surface area contributed by atoms with Gasteiger partial charge in [0.05, 0.1) is 5.92 Å². The number of hydrogen-bond donors (Lipinski definition) is 3. The van der Waals surface area contributed by atoms with E-state index in [2.05, 4.69) is 10.3 Å². The van der Waals surface area contributed by atoms with E-state index in [0.717, 1.165) is 0 Å². The van der Waals surface area contributed by atoms with Gasteiger partial charge in [0.15, 0.2) is 0 Å². The number of rotatable bonds is 6. The third-order valence-electron chi connectivity index (χ3n) is 4.92. The zero-order valence-electron chi connectivity index (χ0n) is 15.2. The maximum atomic E-state index is 13.3. The average molecular weight is 375 g/mol. The number of carbonyl (C=O) groups excluding carboxylic acids is 2. The number of benzene rings is 1. The Morgan fingerprint density at radius 1 is 1.41 bits per heavy atom. The number of amides is 2. The number of fused-ring (bicyclic) bond motifs is 1. The number of carbonyl (C=O) groups is 3. The molecule has 2 aromatic rings. The van der Waals surface area contributed by atoms with Crippen molar-refractivity contribution in [3.63, 3.8) is 0 Å². The maximum absolute atomic E-state index is 13.3. The predicted molar refractivity (Wildman–Crippen MR) is 96.5 cm³/mol. The topological polar surface area (TPSA) is 102 Å². The number of likely N-dealkylation sites (tertiary alicyclic amines) is 1. The molecule has 0 radical (unpaired) electrons. The minimum Gasteiger partial charge on any atom is -0.480 e. The molecule has 1 aliphatic heterocycles. The zero-order valence-corrected chi connectivity index (χ0v) is 15.2. The van der Waals surface area contributed by atoms with Gasteiger partial charge >= 0.3 is 5.97 Å². The van der Waals surface area contributed by atoms with Crippen molar-refractivity contribution in [3.05, 3.63) is 35.8 Å². The molecular weight excluding hydrogens is 353 g/mol. The molecule has 7 nitrogen and oxygen atoms in total. The summed E-state index contributed by atoms with van der Waals surface area (Å²) < 4.78 is 13.3. The number of nitrogens with zero attached hydrogens (tertiary/aromatic N) is 1. The van der Waals surface area contributed by atoms with Crippen molar-refractivity contribution in [2.45, 2.75) is 38.8 Å². The molecule has 1 saturated heterocycles. The molecule has 0 saturated carbocycles. The number of carboxylic acid groups (broad SMARTS) is 1. The van der Waals surface area contributed by atoms with E-state index in [-0.39, 0.29) is 30.6 Å². The monoisotopic (exact) mass is 375 g/mol. The van der Waals surface area contributed by atoms with Gasteiger partial charge in [0, 0.05) is 42.5 Å². The first-order chi connectivity index (χ1) is 12.8. The van der Waals surface area contributed by atoms with E-state index in [1.165, 1.54) is 12.1 Å². The standard InChI is InChI=1S/C19H22FN3O4/c1-10(2)23-9-12(6-17(23)24)18(25)22-16(19(26)27)5-11-8-21-15-7-13(20)3-4-14(11)15/h3-4,7-8,10,12,16,21H,5-6,9H2,1-2H3,(H,22,25)(H,26,27)/t12-,16-/m0/s1. The predicted octanol–water partition coefficient (Wildman–Crippen LogP) is 1.68. The second-order valence-electron chi connectivity index (χ2n) is 7.15. The first-order valence-corrected chi connectivity index (χ1v) is 8.84. The Bertz CT molecular complexity index is 892. The van der Waals surface area contributed by atoms with Gasteiger partial charge in [-0.25, -0.2) is 9.18 Å². The van der Waals surface area contributed by atoms with E-state index in [1.54, 1.807) is 17.2 Å². The van der Waals surface area contributed by atoms with Crippen LogP contribution in [0.2, 0.25) is 0 Å². The van der Waals surface area contributed by atoms with Crippen LogP contribution in [-0.2, 0) is 20.8 Å². The quantitative estimate of drug-likeness (QED) is 0.715. The number of aromatic nitrogens is 1. The summed E-state index contributed by atoms with van der Waals surface area (Å²) in [5, 5.41) is 12.8. The molecule has 3 rings (SSSR count). The molecule has 1 aliphatic rings. The van der Waals surface area contributed by atoms with E-state index >= 15 is 0 Å². The summed E-state index contributed by atoms with van der Waals surface area (Å²) in [7, 11) is 0. The summed E-state index contributed by atoms with van der Waals surface area (Å²) in [4.78, 5) is 40.6. The van der Waals surface area contributed by atoms with Gasteiger partial charge in [0.1, 0.15) is 11.9 Å². The Balaban J connectivity index is 1.71. The molecule has 1 fully saturated rings. The highest BCUT2D eigenvalue weighted by Gasteiger charge is 2.36. The number of aromatic amines is 1. The smallest absolute Gasteiger partial charge is 0.326 e. The van der Waals surface area contributed by atoms with Gasteiger partial charge in [0.25, 0.3) is 0 Å². The van der Waals surface area contributed by atoms with Crippen LogP contribution in [0.25, 0.3) is 10.9 Å². The Morgan fingerprint density at radius 3 is 2.78 bits per heavy atom. The van der Waals surface area contributed by atoms with E-state index in [0.29, 0.717) is 23.0 Å². The van der Waals surface area contributed by atoms with Crippen LogP contribution >= 0.6 is 0 Å². The minimum absolute atomic E-state index is 0.00261. The SMILES string of the molecule is CC(C)N1C[C@@H](C(=O)N[C@@H](Cc2c[nH]c3cc(F)ccc23)C(=O)O)CC1=O. The molecule has 144 valence electrons. The lowest BCUT2D eigenvalue weighted by Gasteiger charge is -2.21. The number of hydrogen-bond acceptors (Lipinski definition) is 3. The third kappa shape index (κ3) is 3.94. The molecule has 8 heteroatoms. The van der Waals surface area contributed by atoms with Crippen LogP contribution in [-0.4, -0.2) is 51.4 Å². The molecule has 3 N–H and O–H groups in total. The first kappa shape index (κ1) is 18.9. The summed E-state index contributed by atoms with van der Waals surface area (Å²) in [5.74, 6) is -2.65. The number of H-pyrrole nitrogens is 1. The summed E-state index contributed by atoms with van der Waals surface area (Å²) in [6.07, 6.45) is 1.76. The molecule has 27 heavy (non-hydrogen) atoms. The summed E-state index contributed by atoms with van der Waals surface area (Å²) in [6, 6.07) is 3.08. The largest absolute Gasteiger partial charge is 0.480 e. The maximum Gasteiger partial charge on any atom is 0.326 e. The van der Waals surface area contributed by atoms with Crippen molar-refractivity contribution in [1.82, 2.24) is 15.2 Å². The Labute approximate surface area is 155 Å². The number of nitrogens with one attached hydrogen (secondary N) is 2. The van der Waals surface area contributed by atoms with E-state index in [4.69, 9.17) is 0 Å². The molecule has 0 unspecified atom stereocenters. The van der Waals surface area contributed by atoms with Crippen molar-refractivity contribution in [2.75, 3.05) is 6.54 Å². The Hall–Kier alpha value is -2.90. The van der Waals surface area contributed by atoms with Crippen LogP contribution < -0.4 is 5.32 Å². The average Bonchev–Trinajstić information content (AvgIpc) is 3.17. The lowest BCUT2D eigenvalue weighted by atomic mass is 10.0. The van der Waals surface area contributed by atoms with Crippen molar-refractivity contribution in [3.8, 4) is 0 Å². The zero-order chi connectivity index (χ0) is 19.7. The van der Waals surface area contributed by atoms with E-state index in [9.17, 15) is 23.9 Å². The van der Waals surface area contributed by atoms with Crippen molar-refractivity contribution >= 4 is 28.7 Å². The lowest BCUT2D eigenvalue weighted by Crippen LogP contribution is -2.45. The Morgan fingerprint density at radius 2 is 2.15 bits per heavy atom. The highest BCUT2D eigenvalue weighted by atomic mass is 19.1. The van der Waals surface area contributed by atoms with Crippen LogP contribution in [0.1, 0.15) is 25.8 Å². The molecular formula is C19H22FN3O4. The Kier molecular flexibility index (Phi) is 5.16. The van der Waals surface area contributed by atoms with Crippen molar-refractivity contribution in [1.29, 1.82) is 0 Å². The number of carboxylic acids is 1. The summed E-state index contributed by atoms with van der Waals surface area (Å²) in [6.45, 7) is 4.04. The van der Waals surface area contributed by atoms with Gasteiger partial charge in [-0.15, -0.1) is 0 Å². The molecule has 2 amide bonds. The summed E-state index contributed by atoms with van der Waals surface area (Å²) in [5.41, 5.74) is 1.23. The van der Waals surface area contributed by atoms with Gasteiger partial charge in [0.2, 0.25) is 11.8 Å².